The van der Waals surface area contributed by atoms with Crippen LogP contribution in [0.5, 0.6) is 0 Å². The first-order valence-electron chi connectivity index (χ1n) is 17.0. The normalized spacial score (nSPS) is 15.2. The highest BCUT2D eigenvalue weighted by Gasteiger charge is 2.45. The molecule has 0 spiro atoms. The first kappa shape index (κ1) is 41.8. The molecule has 6 nitrogen and oxygen atoms in total. The maximum Gasteiger partial charge on any atom is 0.416 e. The van der Waals surface area contributed by atoms with Crippen LogP contribution in [0.4, 0.5) is 64.1 Å². The van der Waals surface area contributed by atoms with E-state index in [9.17, 15) is 71.9 Å². The summed E-state index contributed by atoms with van der Waals surface area (Å²) in [4.78, 5) is 56.9. The van der Waals surface area contributed by atoms with Crippen LogP contribution >= 0.6 is 46.4 Å². The fraction of sp³-hybridized carbons (Fsp3) is 0.100. The summed E-state index contributed by atoms with van der Waals surface area (Å²) in [5.41, 5.74) is -11.6. The third-order valence-corrected chi connectivity index (χ3v) is 11.7. The number of alkyl halides is 12. The van der Waals surface area contributed by atoms with Crippen LogP contribution in [0, 0.1) is 0 Å². The molecule has 316 valence electrons. The first-order chi connectivity index (χ1) is 28.6. The topological polar surface area (TPSA) is 74.8 Å². The van der Waals surface area contributed by atoms with Crippen molar-refractivity contribution in [3.8, 4) is 0 Å². The summed E-state index contributed by atoms with van der Waals surface area (Å²) in [6, 6.07) is 4.06. The van der Waals surface area contributed by atoms with Crippen LogP contribution in [0.15, 0.2) is 60.7 Å². The van der Waals surface area contributed by atoms with E-state index in [-0.39, 0.29) is 89.3 Å². The fourth-order valence-corrected chi connectivity index (χ4v) is 9.26. The summed E-state index contributed by atoms with van der Waals surface area (Å²) in [6.45, 7) is 0. The van der Waals surface area contributed by atoms with E-state index in [4.69, 9.17) is 46.4 Å². The monoisotopic (exact) mass is 950 g/mol. The maximum atomic E-state index is 14.2. The Morgan fingerprint density at radius 3 is 0.710 bits per heavy atom. The lowest BCUT2D eigenvalue weighted by molar-refractivity contribution is -0.144. The van der Waals surface area contributed by atoms with Crippen molar-refractivity contribution in [1.82, 2.24) is 0 Å². The first-order valence-corrected chi connectivity index (χ1v) is 18.5. The van der Waals surface area contributed by atoms with Crippen molar-refractivity contribution in [2.75, 3.05) is 9.80 Å². The minimum absolute atomic E-state index is 0.0869. The van der Waals surface area contributed by atoms with E-state index in [0.29, 0.717) is 0 Å². The van der Waals surface area contributed by atoms with Crippen LogP contribution in [-0.2, 0) is 24.7 Å². The van der Waals surface area contributed by atoms with Crippen LogP contribution < -0.4 is 9.80 Å². The quantitative estimate of drug-likeness (QED) is 0.0749. The molecular formula is C40H10Cl4F12N2O4. The number of hydrogen-bond donors (Lipinski definition) is 0. The lowest BCUT2D eigenvalue weighted by Gasteiger charge is -2.32. The molecule has 0 saturated heterocycles. The zero-order chi connectivity index (χ0) is 45.2. The standard InChI is InChI=1S/C40H10Cl4F12N2O4/c41-21-7-17-25-18(34(60)57(33(17)59)15-3-11(37(45,46)47)1-12(4-15)38(48,49)50)8-22(42)28-30-24(44)10-20-26-19(9-23(43)29(32(26)30)27(21)31(25)28)35(61)58(36(20)62)16-5-13(39(51,52)53)2-14(6-16)40(54,55)56/h1-10H. The number of amides is 4. The van der Waals surface area contributed by atoms with Crippen molar-refractivity contribution in [2.24, 2.45) is 0 Å². The second-order valence-electron chi connectivity index (χ2n) is 14.0. The summed E-state index contributed by atoms with van der Waals surface area (Å²) < 4.78 is 166. The van der Waals surface area contributed by atoms with Crippen molar-refractivity contribution >= 4 is 124 Å². The number of carbonyl (C=O) groups excluding carboxylic acids is 4. The minimum Gasteiger partial charge on any atom is -0.268 e. The molecule has 9 rings (SSSR count). The van der Waals surface area contributed by atoms with Crippen LogP contribution in [0.25, 0.3) is 43.1 Å². The highest BCUT2D eigenvalue weighted by atomic mass is 35.5. The smallest absolute Gasteiger partial charge is 0.268 e. The molecule has 2 aliphatic rings. The van der Waals surface area contributed by atoms with Gasteiger partial charge in [-0.05, 0) is 60.7 Å². The molecule has 0 atom stereocenters. The molecule has 0 radical (unpaired) electrons. The van der Waals surface area contributed by atoms with Gasteiger partial charge in [-0.25, -0.2) is 9.80 Å². The van der Waals surface area contributed by atoms with Gasteiger partial charge < -0.3 is 0 Å². The number of halogens is 16. The molecule has 2 aliphatic heterocycles. The molecule has 62 heavy (non-hydrogen) atoms. The minimum atomic E-state index is -5.36. The maximum absolute atomic E-state index is 14.2. The van der Waals surface area contributed by atoms with Gasteiger partial charge in [0.1, 0.15) is 0 Å². The molecule has 2 heterocycles. The van der Waals surface area contributed by atoms with Gasteiger partial charge in [-0.3, -0.25) is 19.2 Å². The molecule has 0 aromatic heterocycles. The van der Waals surface area contributed by atoms with Gasteiger partial charge >= 0.3 is 24.7 Å². The third-order valence-electron chi connectivity index (χ3n) is 10.5. The van der Waals surface area contributed by atoms with Gasteiger partial charge in [0.2, 0.25) is 0 Å². The van der Waals surface area contributed by atoms with Crippen LogP contribution in [0.1, 0.15) is 63.7 Å². The number of benzene rings is 7. The van der Waals surface area contributed by atoms with E-state index in [2.05, 4.69) is 0 Å². The average Bonchev–Trinajstić information content (AvgIpc) is 3.15. The van der Waals surface area contributed by atoms with Crippen molar-refractivity contribution in [3.63, 3.8) is 0 Å². The number of carbonyl (C=O) groups is 4. The number of anilines is 2. The molecular weight excluding hydrogens is 942 g/mol. The van der Waals surface area contributed by atoms with E-state index >= 15 is 0 Å². The molecule has 0 aliphatic carbocycles. The Morgan fingerprint density at radius 1 is 0.306 bits per heavy atom. The summed E-state index contributed by atoms with van der Waals surface area (Å²) in [6.07, 6.45) is -21.4. The Labute approximate surface area is 355 Å². The molecule has 4 amide bonds. The van der Waals surface area contributed by atoms with Crippen LogP contribution in [0.3, 0.4) is 0 Å². The Balaban J connectivity index is 1.32. The van der Waals surface area contributed by atoms with E-state index in [0.717, 1.165) is 24.3 Å². The Hall–Kier alpha value is -5.56. The SMILES string of the molecule is O=C1c2cc(Cl)c3c4c(Cl)cc5c6c(cc(Cl)c(c7c(Cl)cc(c2c37)C(=O)N1c1cc(C(F)(F)F)cc(C(F)(F)F)c1)c64)C(=O)N(c1cc(C(F)(F)F)cc(C(F)(F)F)c1)C5=O. The lowest BCUT2D eigenvalue weighted by Crippen LogP contribution is -2.41. The van der Waals surface area contributed by atoms with Gasteiger partial charge in [-0.1, -0.05) is 46.4 Å². The highest BCUT2D eigenvalue weighted by Crippen LogP contribution is 2.55. The Kier molecular flexibility index (Phi) is 8.76. The van der Waals surface area contributed by atoms with Crippen molar-refractivity contribution in [3.05, 3.63) is 125 Å². The van der Waals surface area contributed by atoms with Gasteiger partial charge in [0.05, 0.1) is 55.9 Å². The largest absolute Gasteiger partial charge is 0.416 e. The third kappa shape index (κ3) is 5.89. The zero-order valence-electron chi connectivity index (χ0n) is 29.3. The number of nitrogens with zero attached hydrogens (tertiary/aromatic N) is 2. The van der Waals surface area contributed by atoms with E-state index in [1.54, 1.807) is 0 Å². The van der Waals surface area contributed by atoms with Gasteiger partial charge in [0.25, 0.3) is 23.6 Å². The van der Waals surface area contributed by atoms with Gasteiger partial charge in [-0.15, -0.1) is 0 Å². The molecule has 0 bridgehead atoms. The summed E-state index contributed by atoms with van der Waals surface area (Å²) in [7, 11) is 0. The second-order valence-corrected chi connectivity index (χ2v) is 15.7. The van der Waals surface area contributed by atoms with Gasteiger partial charge in [0.15, 0.2) is 0 Å². The second kappa shape index (κ2) is 13.0. The summed E-state index contributed by atoms with van der Waals surface area (Å²) in [5, 5.41) is -2.84. The number of rotatable bonds is 2. The lowest BCUT2D eigenvalue weighted by atomic mass is 9.81. The highest BCUT2D eigenvalue weighted by molar-refractivity contribution is 6.57. The average molecular weight is 952 g/mol. The molecule has 7 aromatic rings. The van der Waals surface area contributed by atoms with E-state index in [1.165, 1.54) is 0 Å². The van der Waals surface area contributed by atoms with Crippen LogP contribution in [0.2, 0.25) is 20.1 Å². The molecule has 22 heteroatoms. The van der Waals surface area contributed by atoms with E-state index < -0.39 is 124 Å². The number of imide groups is 2. The molecule has 7 aromatic carbocycles. The van der Waals surface area contributed by atoms with Crippen molar-refractivity contribution in [2.45, 2.75) is 24.7 Å². The predicted octanol–water partition coefficient (Wildman–Crippen LogP) is 14.0. The Morgan fingerprint density at radius 2 is 0.516 bits per heavy atom. The molecule has 0 saturated carbocycles. The molecule has 0 N–H and O–H groups in total. The molecule has 0 unspecified atom stereocenters. The zero-order valence-corrected chi connectivity index (χ0v) is 32.4. The molecule has 0 fully saturated rings. The number of fused-ring (bicyclic) bond motifs is 2. The van der Waals surface area contributed by atoms with Crippen LogP contribution in [-0.4, -0.2) is 23.6 Å². The van der Waals surface area contributed by atoms with Gasteiger partial charge in [0, 0.05) is 63.2 Å². The number of hydrogen-bond acceptors (Lipinski definition) is 4. The summed E-state index contributed by atoms with van der Waals surface area (Å²) >= 11 is 27.3. The van der Waals surface area contributed by atoms with Gasteiger partial charge in [-0.2, -0.15) is 52.7 Å². The van der Waals surface area contributed by atoms with Crippen molar-refractivity contribution < 1.29 is 71.9 Å². The van der Waals surface area contributed by atoms with Crippen molar-refractivity contribution in [1.29, 1.82) is 0 Å². The summed E-state index contributed by atoms with van der Waals surface area (Å²) in [5.74, 6) is -5.65. The Bertz CT molecular complexity index is 2870. The predicted molar refractivity (Wildman–Crippen MR) is 203 cm³/mol. The fourth-order valence-electron chi connectivity index (χ4n) is 8.06. The van der Waals surface area contributed by atoms with E-state index in [1.807, 2.05) is 0 Å².